The van der Waals surface area contributed by atoms with Gasteiger partial charge in [0.1, 0.15) is 17.2 Å². The molecule has 4 aromatic rings. The number of esters is 1. The number of benzene rings is 4. The molecular formula is C28H23Cl3O8. The second kappa shape index (κ2) is 15.3. The van der Waals surface area contributed by atoms with Crippen LogP contribution in [0.2, 0.25) is 15.1 Å². The number of carboxylic acid groups (broad SMARTS) is 1. The molecule has 4 N–H and O–H groups in total. The normalized spacial score (nSPS) is 9.74. The van der Waals surface area contributed by atoms with Crippen molar-refractivity contribution in [3.63, 3.8) is 0 Å². The Morgan fingerprint density at radius 3 is 1.64 bits per heavy atom. The lowest BCUT2D eigenvalue weighted by atomic mass is 10.2. The predicted molar refractivity (Wildman–Crippen MR) is 149 cm³/mol. The number of hydrogen-bond acceptors (Lipinski definition) is 7. The molecule has 204 valence electrons. The zero-order valence-electron chi connectivity index (χ0n) is 20.3. The Kier molecular flexibility index (Phi) is 12.2. The van der Waals surface area contributed by atoms with E-state index in [1.165, 1.54) is 54.6 Å². The van der Waals surface area contributed by atoms with Crippen LogP contribution >= 0.6 is 34.8 Å². The molecular weight excluding hydrogens is 571 g/mol. The molecule has 4 aromatic carbocycles. The molecule has 0 bridgehead atoms. The fraction of sp³-hybridized carbons (Fsp3) is 0.0714. The molecule has 0 aliphatic rings. The third-order valence-electron chi connectivity index (χ3n) is 4.53. The summed E-state index contributed by atoms with van der Waals surface area (Å²) in [6.07, 6.45) is 0. The summed E-state index contributed by atoms with van der Waals surface area (Å²) in [6, 6.07) is 20.7. The molecule has 0 radical (unpaired) electrons. The SMILES string of the molecule is CCOC(=O)c1ccc(O)cc1.O=C(O)c1ccc(O)cc1.Oc1cc(Cl)ccc1Oc1ccc(Cl)cc1Cl. The summed E-state index contributed by atoms with van der Waals surface area (Å²) in [5.74, 6) is -0.499. The number of phenolic OH excluding ortho intramolecular Hbond substituents is 3. The lowest BCUT2D eigenvalue weighted by Crippen LogP contribution is -2.03. The van der Waals surface area contributed by atoms with Gasteiger partial charge >= 0.3 is 11.9 Å². The van der Waals surface area contributed by atoms with E-state index < -0.39 is 5.97 Å². The van der Waals surface area contributed by atoms with E-state index in [1.54, 1.807) is 37.3 Å². The molecule has 0 unspecified atom stereocenters. The van der Waals surface area contributed by atoms with Crippen molar-refractivity contribution in [2.75, 3.05) is 6.61 Å². The van der Waals surface area contributed by atoms with Crippen molar-refractivity contribution in [2.45, 2.75) is 6.92 Å². The standard InChI is InChI=1S/C12H7Cl3O2.C9H10O3.C7H6O3/c13-7-1-3-11(9(15)5-7)17-12-4-2-8(14)6-10(12)16;1-2-12-9(11)7-3-5-8(10)6-4-7;8-6-3-1-5(2-4-6)7(9)10/h1-6,16H;3-6,10H,2H2,1H3;1-4,8H,(H,9,10). The Morgan fingerprint density at radius 1 is 0.692 bits per heavy atom. The number of hydrogen-bond donors (Lipinski definition) is 4. The average Bonchev–Trinajstić information content (AvgIpc) is 2.89. The summed E-state index contributed by atoms with van der Waals surface area (Å²) in [6.45, 7) is 2.11. The molecule has 0 saturated carbocycles. The number of aromatic hydroxyl groups is 3. The van der Waals surface area contributed by atoms with E-state index in [-0.39, 0.29) is 34.5 Å². The maximum Gasteiger partial charge on any atom is 0.338 e. The number of halogens is 3. The molecule has 4 rings (SSSR count). The van der Waals surface area contributed by atoms with Crippen LogP contribution in [0.5, 0.6) is 28.7 Å². The topological polar surface area (TPSA) is 134 Å². The van der Waals surface area contributed by atoms with E-state index in [9.17, 15) is 14.7 Å². The number of carboxylic acids is 1. The molecule has 39 heavy (non-hydrogen) atoms. The van der Waals surface area contributed by atoms with E-state index in [0.717, 1.165) is 0 Å². The van der Waals surface area contributed by atoms with Crippen LogP contribution in [0.3, 0.4) is 0 Å². The largest absolute Gasteiger partial charge is 0.508 e. The quantitative estimate of drug-likeness (QED) is 0.172. The van der Waals surface area contributed by atoms with Gasteiger partial charge in [-0.15, -0.1) is 0 Å². The Morgan fingerprint density at radius 2 is 1.18 bits per heavy atom. The number of ether oxygens (including phenoxy) is 2. The Labute approximate surface area is 239 Å². The first-order chi connectivity index (χ1) is 18.5. The fourth-order valence-corrected chi connectivity index (χ4v) is 3.28. The summed E-state index contributed by atoms with van der Waals surface area (Å²) in [5, 5.41) is 37.0. The molecule has 0 atom stereocenters. The molecule has 11 heteroatoms. The van der Waals surface area contributed by atoms with Gasteiger partial charge in [-0.3, -0.25) is 0 Å². The Balaban J connectivity index is 0.000000214. The summed E-state index contributed by atoms with van der Waals surface area (Å²) < 4.78 is 10.2. The monoisotopic (exact) mass is 592 g/mol. The minimum atomic E-state index is -0.986. The van der Waals surface area contributed by atoms with Crippen molar-refractivity contribution >= 4 is 46.7 Å². The second-order valence-electron chi connectivity index (χ2n) is 7.41. The lowest BCUT2D eigenvalue weighted by molar-refractivity contribution is 0.0525. The fourth-order valence-electron chi connectivity index (χ4n) is 2.67. The Bertz CT molecular complexity index is 1340. The molecule has 8 nitrogen and oxygen atoms in total. The Hall–Kier alpha value is -4.11. The van der Waals surface area contributed by atoms with Crippen LogP contribution in [0, 0.1) is 0 Å². The summed E-state index contributed by atoms with van der Waals surface area (Å²) in [4.78, 5) is 21.3. The van der Waals surface area contributed by atoms with Crippen molar-refractivity contribution in [2.24, 2.45) is 0 Å². The van der Waals surface area contributed by atoms with Gasteiger partial charge < -0.3 is 29.9 Å². The van der Waals surface area contributed by atoms with Gasteiger partial charge in [0.2, 0.25) is 0 Å². The van der Waals surface area contributed by atoms with E-state index >= 15 is 0 Å². The van der Waals surface area contributed by atoms with Crippen molar-refractivity contribution in [1.29, 1.82) is 0 Å². The highest BCUT2D eigenvalue weighted by Crippen LogP contribution is 2.36. The van der Waals surface area contributed by atoms with Gasteiger partial charge in [0.25, 0.3) is 0 Å². The van der Waals surface area contributed by atoms with Gasteiger partial charge in [-0.1, -0.05) is 34.8 Å². The third-order valence-corrected chi connectivity index (χ3v) is 5.29. The molecule has 0 spiro atoms. The van der Waals surface area contributed by atoms with Gasteiger partial charge in [0.05, 0.1) is 22.8 Å². The average molecular weight is 594 g/mol. The van der Waals surface area contributed by atoms with E-state index in [1.807, 2.05) is 0 Å². The van der Waals surface area contributed by atoms with Crippen LogP contribution in [0.1, 0.15) is 27.6 Å². The second-order valence-corrected chi connectivity index (χ2v) is 8.69. The summed E-state index contributed by atoms with van der Waals surface area (Å²) >= 11 is 17.4. The van der Waals surface area contributed by atoms with E-state index in [2.05, 4.69) is 0 Å². The smallest absolute Gasteiger partial charge is 0.338 e. The van der Waals surface area contributed by atoms with Crippen LogP contribution in [-0.4, -0.2) is 39.0 Å². The van der Waals surface area contributed by atoms with E-state index in [0.29, 0.717) is 33.0 Å². The van der Waals surface area contributed by atoms with Crippen LogP contribution in [-0.2, 0) is 4.74 Å². The highest BCUT2D eigenvalue weighted by atomic mass is 35.5. The lowest BCUT2D eigenvalue weighted by Gasteiger charge is -2.09. The van der Waals surface area contributed by atoms with Crippen LogP contribution in [0.4, 0.5) is 0 Å². The number of aromatic carboxylic acids is 1. The maximum atomic E-state index is 11.1. The minimum Gasteiger partial charge on any atom is -0.508 e. The predicted octanol–water partition coefficient (Wildman–Crippen LogP) is 7.80. The highest BCUT2D eigenvalue weighted by molar-refractivity contribution is 6.35. The molecule has 0 saturated heterocycles. The third kappa shape index (κ3) is 10.6. The number of carbonyl (C=O) groups is 2. The van der Waals surface area contributed by atoms with Crippen molar-refractivity contribution < 1.29 is 39.5 Å². The minimum absolute atomic E-state index is 0.0523. The molecule has 0 heterocycles. The first kappa shape index (κ1) is 31.1. The van der Waals surface area contributed by atoms with Crippen molar-refractivity contribution in [3.05, 3.63) is 111 Å². The number of rotatable bonds is 5. The molecule has 0 amide bonds. The van der Waals surface area contributed by atoms with E-state index in [4.69, 9.17) is 59.6 Å². The number of carbonyl (C=O) groups excluding carboxylic acids is 1. The molecule has 0 aromatic heterocycles. The zero-order valence-corrected chi connectivity index (χ0v) is 22.6. The summed E-state index contributed by atoms with van der Waals surface area (Å²) in [5.41, 5.74) is 0.632. The van der Waals surface area contributed by atoms with Crippen molar-refractivity contribution in [1.82, 2.24) is 0 Å². The first-order valence-electron chi connectivity index (χ1n) is 11.1. The van der Waals surface area contributed by atoms with Crippen LogP contribution in [0.15, 0.2) is 84.9 Å². The molecule has 0 aliphatic heterocycles. The van der Waals surface area contributed by atoms with Gasteiger partial charge in [-0.25, -0.2) is 9.59 Å². The zero-order chi connectivity index (χ0) is 28.9. The first-order valence-corrected chi connectivity index (χ1v) is 12.2. The summed E-state index contributed by atoms with van der Waals surface area (Å²) in [7, 11) is 0. The van der Waals surface area contributed by atoms with Gasteiger partial charge in [0.15, 0.2) is 11.5 Å². The molecule has 0 aliphatic carbocycles. The molecule has 0 fully saturated rings. The van der Waals surface area contributed by atoms with Gasteiger partial charge in [-0.2, -0.15) is 0 Å². The maximum absolute atomic E-state index is 11.1. The van der Waals surface area contributed by atoms with Crippen LogP contribution < -0.4 is 4.74 Å². The number of phenols is 3. The van der Waals surface area contributed by atoms with Gasteiger partial charge in [-0.05, 0) is 85.8 Å². The van der Waals surface area contributed by atoms with Crippen LogP contribution in [0.25, 0.3) is 0 Å². The highest BCUT2D eigenvalue weighted by Gasteiger charge is 2.08. The van der Waals surface area contributed by atoms with Gasteiger partial charge in [0, 0.05) is 16.1 Å². The van der Waals surface area contributed by atoms with Crippen molar-refractivity contribution in [3.8, 4) is 28.7 Å².